The third kappa shape index (κ3) is 8.77. The van der Waals surface area contributed by atoms with Crippen LogP contribution in [0.3, 0.4) is 0 Å². The quantitative estimate of drug-likeness (QED) is 0.137. The number of rotatable bonds is 9. The van der Waals surface area contributed by atoms with Crippen LogP contribution >= 0.6 is 0 Å². The van der Waals surface area contributed by atoms with Crippen LogP contribution in [0.5, 0.6) is 0 Å². The maximum atomic E-state index is 5.43. The van der Waals surface area contributed by atoms with Gasteiger partial charge in [0, 0.05) is 85.6 Å². The van der Waals surface area contributed by atoms with E-state index in [1.54, 1.807) is 0 Å². The molecule has 18 rings (SSSR count). The molecule has 0 amide bonds. The monoisotopic (exact) mass is 1150 g/mol. The molecule has 0 N–H and O–H groups in total. The van der Waals surface area contributed by atoms with Crippen molar-refractivity contribution >= 4 is 77.0 Å². The third-order valence-electron chi connectivity index (χ3n) is 17.1. The Morgan fingerprint density at radius 3 is 1.39 bits per heavy atom. The van der Waals surface area contributed by atoms with Crippen molar-refractivity contribution in [1.82, 2.24) is 58.6 Å². The molecule has 0 atom stereocenters. The summed E-state index contributed by atoms with van der Waals surface area (Å²) in [5.41, 5.74) is 19.4. The molecule has 0 saturated heterocycles. The molecule has 12 nitrogen and oxygen atoms in total. The van der Waals surface area contributed by atoms with Crippen LogP contribution < -0.4 is 0 Å². The Morgan fingerprint density at radius 1 is 0.256 bits per heavy atom. The lowest BCUT2D eigenvalue weighted by Gasteiger charge is -2.14. The highest BCUT2D eigenvalue weighted by Gasteiger charge is 2.21. The average Bonchev–Trinajstić information content (AvgIpc) is 2.08. The molecule has 0 unspecified atom stereocenters. The second-order valence-corrected chi connectivity index (χ2v) is 22.5. The molecule has 0 aliphatic carbocycles. The minimum atomic E-state index is 0.560. The largest absolute Gasteiger partial charge is 0.284 e. The summed E-state index contributed by atoms with van der Waals surface area (Å²) in [5.74, 6) is 2.41. The molecule has 0 spiro atoms. The molecular formula is C78H46N12. The Labute approximate surface area is 513 Å². The van der Waals surface area contributed by atoms with E-state index in [-0.39, 0.29) is 0 Å². The fraction of sp³-hybridized carbons (Fsp3) is 0. The first-order valence-electron chi connectivity index (χ1n) is 29.8. The Balaban J connectivity index is 0.753. The molecule has 0 aliphatic rings. The lowest BCUT2D eigenvalue weighted by atomic mass is 9.96. The summed E-state index contributed by atoms with van der Waals surface area (Å²) in [5, 5.41) is 6.47. The summed E-state index contributed by atoms with van der Waals surface area (Å²) in [6.07, 6.45) is 7.86. The number of aromatic nitrogens is 12. The Hall–Kier alpha value is -12.5. The molecule has 0 saturated carbocycles. The molecule has 0 radical (unpaired) electrons. The number of pyridine rings is 2. The van der Waals surface area contributed by atoms with E-state index in [0.717, 1.165) is 155 Å². The predicted octanol–water partition coefficient (Wildman–Crippen LogP) is 18.1. The minimum absolute atomic E-state index is 0.560. The zero-order valence-corrected chi connectivity index (χ0v) is 47.9. The molecule has 0 bridgehead atoms. The number of fused-ring (bicyclic) bond motifs is 10. The van der Waals surface area contributed by atoms with E-state index in [2.05, 4.69) is 205 Å². The number of nitrogens with zero attached hydrogens (tertiary/aromatic N) is 12. The number of para-hydroxylation sites is 6. The van der Waals surface area contributed by atoms with Gasteiger partial charge in [-0.1, -0.05) is 170 Å². The fourth-order valence-corrected chi connectivity index (χ4v) is 12.6. The number of imidazole rings is 2. The van der Waals surface area contributed by atoms with Gasteiger partial charge in [0.25, 0.3) is 0 Å². The van der Waals surface area contributed by atoms with Gasteiger partial charge in [0.1, 0.15) is 0 Å². The van der Waals surface area contributed by atoms with E-state index >= 15 is 0 Å². The number of hydrogen-bond acceptors (Lipinski definition) is 10. The third-order valence-corrected chi connectivity index (χ3v) is 17.1. The van der Waals surface area contributed by atoms with Gasteiger partial charge >= 0.3 is 0 Å². The van der Waals surface area contributed by atoms with Crippen LogP contribution in [0.2, 0.25) is 0 Å². The van der Waals surface area contributed by atoms with Gasteiger partial charge in [-0.05, 0) is 112 Å². The summed E-state index contributed by atoms with van der Waals surface area (Å²) < 4.78 is 4.11. The SMILES string of the molecule is c1cc(-c2ccn3c(n2)nc2ccccc23)cc(-c2nc(-c3ccc4ccccc4c3)cc(-c3ccc4cc(-c5cn6c(nc5-c5cccc(-c7nc(-c8cccc9cccnc89)cc(-c8cccc9cccnc89)n7)c5)nc5ccccc56)ccc4c3)n2)c1. The van der Waals surface area contributed by atoms with Crippen LogP contribution in [0.25, 0.3) is 178 Å². The van der Waals surface area contributed by atoms with Crippen molar-refractivity contribution in [3.05, 3.63) is 280 Å². The lowest BCUT2D eigenvalue weighted by molar-refractivity contribution is 1.14. The number of hydrogen-bond donors (Lipinski definition) is 0. The normalized spacial score (nSPS) is 11.8. The van der Waals surface area contributed by atoms with Gasteiger partial charge in [0.05, 0.1) is 67.3 Å². The Kier molecular flexibility index (Phi) is 11.6. The molecule has 8 heterocycles. The lowest BCUT2D eigenvalue weighted by Crippen LogP contribution is -1.99. The summed E-state index contributed by atoms with van der Waals surface area (Å²) in [6, 6.07) is 87.7. The molecule has 0 aliphatic heterocycles. The van der Waals surface area contributed by atoms with Gasteiger partial charge < -0.3 is 0 Å². The zero-order chi connectivity index (χ0) is 59.2. The van der Waals surface area contributed by atoms with Gasteiger partial charge in [-0.25, -0.2) is 39.9 Å². The second-order valence-electron chi connectivity index (χ2n) is 22.5. The maximum Gasteiger partial charge on any atom is 0.235 e. The van der Waals surface area contributed by atoms with Gasteiger partial charge in [-0.3, -0.25) is 18.8 Å². The van der Waals surface area contributed by atoms with Gasteiger partial charge in [-0.2, -0.15) is 0 Å². The average molecular weight is 1150 g/mol. The highest BCUT2D eigenvalue weighted by Crippen LogP contribution is 2.40. The van der Waals surface area contributed by atoms with Crippen molar-refractivity contribution in [2.45, 2.75) is 0 Å². The summed E-state index contributed by atoms with van der Waals surface area (Å²) in [4.78, 5) is 51.3. The molecule has 90 heavy (non-hydrogen) atoms. The van der Waals surface area contributed by atoms with E-state index in [1.165, 1.54) is 0 Å². The minimum Gasteiger partial charge on any atom is -0.284 e. The molecule has 12 heteroatoms. The molecule has 0 fully saturated rings. The van der Waals surface area contributed by atoms with Crippen molar-refractivity contribution in [1.29, 1.82) is 0 Å². The first-order chi connectivity index (χ1) is 44.5. The molecular weight excluding hydrogens is 1100 g/mol. The van der Waals surface area contributed by atoms with Crippen LogP contribution in [-0.4, -0.2) is 58.6 Å². The Bertz CT molecular complexity index is 5860. The van der Waals surface area contributed by atoms with E-state index in [1.807, 2.05) is 83.7 Å². The van der Waals surface area contributed by atoms with Crippen molar-refractivity contribution in [3.63, 3.8) is 0 Å². The maximum absolute atomic E-state index is 5.43. The van der Waals surface area contributed by atoms with Crippen molar-refractivity contribution in [2.75, 3.05) is 0 Å². The standard InChI is InChI=1S/C78H46N12/c1-2-14-50-40-55(33-29-47(50)13-1)66-44-67(82-75(81-66)58-19-7-17-54(42-58)63-35-38-89-70-27-5-3-25-64(70)86-77(89)85-63)56-34-31-51-39-53(32-30-52(51)41-56)62-46-90-71-28-6-4-26-65(71)87-78(90)88-74(62)57-18-8-20-59(43-57)76-83-68(60-23-9-15-48-21-11-36-79-72(48)60)45-69(84-76)61-24-10-16-49-22-12-37-80-73(49)61/h1-46H. The predicted molar refractivity (Wildman–Crippen MR) is 360 cm³/mol. The highest BCUT2D eigenvalue weighted by molar-refractivity contribution is 5.98. The first-order valence-corrected chi connectivity index (χ1v) is 29.8. The van der Waals surface area contributed by atoms with Gasteiger partial charge in [0.2, 0.25) is 11.6 Å². The van der Waals surface area contributed by atoms with Crippen LogP contribution in [0, 0.1) is 0 Å². The second kappa shape index (κ2) is 20.6. The van der Waals surface area contributed by atoms with E-state index in [9.17, 15) is 0 Å². The van der Waals surface area contributed by atoms with Gasteiger partial charge in [-0.15, -0.1) is 0 Å². The van der Waals surface area contributed by atoms with Crippen molar-refractivity contribution in [3.8, 4) is 101 Å². The van der Waals surface area contributed by atoms with Gasteiger partial charge in [0.15, 0.2) is 11.6 Å². The molecule has 10 aromatic carbocycles. The first kappa shape index (κ1) is 50.8. The van der Waals surface area contributed by atoms with Crippen molar-refractivity contribution in [2.24, 2.45) is 0 Å². The zero-order valence-electron chi connectivity index (χ0n) is 47.9. The van der Waals surface area contributed by atoms with Crippen molar-refractivity contribution < 1.29 is 0 Å². The summed E-state index contributed by atoms with van der Waals surface area (Å²) >= 11 is 0. The fourth-order valence-electron chi connectivity index (χ4n) is 12.6. The van der Waals surface area contributed by atoms with E-state index in [4.69, 9.17) is 49.8 Å². The molecule has 18 aromatic rings. The molecule has 8 aromatic heterocycles. The van der Waals surface area contributed by atoms with Crippen LogP contribution in [0.1, 0.15) is 0 Å². The Morgan fingerprint density at radius 2 is 0.722 bits per heavy atom. The molecule has 418 valence electrons. The summed E-state index contributed by atoms with van der Waals surface area (Å²) in [7, 11) is 0. The number of benzene rings is 10. The van der Waals surface area contributed by atoms with E-state index < -0.39 is 0 Å². The summed E-state index contributed by atoms with van der Waals surface area (Å²) in [6.45, 7) is 0. The highest BCUT2D eigenvalue weighted by atomic mass is 15.1. The topological polar surface area (TPSA) is 138 Å². The van der Waals surface area contributed by atoms with Crippen LogP contribution in [-0.2, 0) is 0 Å². The van der Waals surface area contributed by atoms with Crippen LogP contribution in [0.15, 0.2) is 280 Å². The smallest absolute Gasteiger partial charge is 0.235 e. The van der Waals surface area contributed by atoms with E-state index in [0.29, 0.717) is 23.2 Å². The van der Waals surface area contributed by atoms with Crippen LogP contribution in [0.4, 0.5) is 0 Å².